The fourth-order valence-corrected chi connectivity index (χ4v) is 2.71. The van der Waals surface area contributed by atoms with Crippen LogP contribution >= 0.6 is 0 Å². The van der Waals surface area contributed by atoms with Gasteiger partial charge in [-0.05, 0) is 29.3 Å². The molecule has 1 aromatic carbocycles. The Bertz CT molecular complexity index is 922. The van der Waals surface area contributed by atoms with Crippen molar-refractivity contribution in [3.8, 4) is 17.3 Å². The van der Waals surface area contributed by atoms with E-state index in [1.807, 2.05) is 47.3 Å². The first-order chi connectivity index (χ1) is 13.3. The van der Waals surface area contributed by atoms with Gasteiger partial charge >= 0.3 is 0 Å². The fraction of sp³-hybridized carbons (Fsp3) is 0.211. The number of guanidine groups is 1. The molecule has 0 aliphatic carbocycles. The number of pyridine rings is 1. The van der Waals surface area contributed by atoms with Crippen LogP contribution in [0.15, 0.2) is 60.2 Å². The molecule has 1 aliphatic rings. The van der Waals surface area contributed by atoms with Gasteiger partial charge in [0.1, 0.15) is 12.1 Å². The molecule has 4 rings (SSSR count). The Balaban J connectivity index is 1.30. The van der Waals surface area contributed by atoms with Crippen molar-refractivity contribution in [1.82, 2.24) is 25.2 Å². The smallest absolute Gasteiger partial charge is 0.231 e. The van der Waals surface area contributed by atoms with Crippen molar-refractivity contribution in [3.63, 3.8) is 0 Å². The van der Waals surface area contributed by atoms with Gasteiger partial charge in [-0.3, -0.25) is 9.56 Å². The summed E-state index contributed by atoms with van der Waals surface area (Å²) in [6.45, 7) is 1.54. The molecule has 0 unspecified atom stereocenters. The van der Waals surface area contributed by atoms with Crippen LogP contribution in [0.25, 0.3) is 5.82 Å². The van der Waals surface area contributed by atoms with Crippen LogP contribution in [0.2, 0.25) is 0 Å². The average molecular weight is 364 g/mol. The van der Waals surface area contributed by atoms with Gasteiger partial charge in [0.05, 0.1) is 0 Å². The second kappa shape index (κ2) is 7.77. The Kier molecular flexibility index (Phi) is 4.86. The molecule has 8 heteroatoms. The number of fused-ring (bicyclic) bond motifs is 1. The van der Waals surface area contributed by atoms with E-state index < -0.39 is 0 Å². The van der Waals surface area contributed by atoms with E-state index in [1.165, 1.54) is 0 Å². The highest BCUT2D eigenvalue weighted by atomic mass is 16.7. The van der Waals surface area contributed by atoms with E-state index in [-0.39, 0.29) is 6.79 Å². The standard InChI is InChI=1S/C19H20N6O2/c1-20-19(23-9-14-2-4-16-17(8-14)27-13-26-16)24-11-15-3-5-18(22-10-15)25-7-6-21-12-25/h2-8,10,12H,9,11,13H2,1H3,(H2,20,23,24). The summed E-state index contributed by atoms with van der Waals surface area (Å²) in [5.41, 5.74) is 2.15. The lowest BCUT2D eigenvalue weighted by atomic mass is 10.2. The second-order valence-electron chi connectivity index (χ2n) is 5.96. The molecule has 0 radical (unpaired) electrons. The van der Waals surface area contributed by atoms with E-state index in [9.17, 15) is 0 Å². The maximum Gasteiger partial charge on any atom is 0.231 e. The van der Waals surface area contributed by atoms with Crippen LogP contribution in [-0.4, -0.2) is 34.3 Å². The molecule has 0 amide bonds. The first kappa shape index (κ1) is 16.9. The van der Waals surface area contributed by atoms with E-state index in [2.05, 4.69) is 25.6 Å². The zero-order valence-corrected chi connectivity index (χ0v) is 14.9. The number of rotatable bonds is 5. The van der Waals surface area contributed by atoms with E-state index in [0.29, 0.717) is 19.0 Å². The molecule has 0 saturated heterocycles. The Morgan fingerprint density at radius 2 is 1.93 bits per heavy atom. The monoisotopic (exact) mass is 364 g/mol. The molecule has 1 aliphatic heterocycles. The van der Waals surface area contributed by atoms with Gasteiger partial charge in [0.2, 0.25) is 6.79 Å². The van der Waals surface area contributed by atoms with Gasteiger partial charge in [0.15, 0.2) is 17.5 Å². The van der Waals surface area contributed by atoms with Crippen molar-refractivity contribution in [2.45, 2.75) is 13.1 Å². The maximum absolute atomic E-state index is 5.41. The lowest BCUT2D eigenvalue weighted by Gasteiger charge is -2.12. The molecule has 2 aromatic heterocycles. The van der Waals surface area contributed by atoms with Gasteiger partial charge < -0.3 is 20.1 Å². The number of hydrogen-bond donors (Lipinski definition) is 2. The fourth-order valence-electron chi connectivity index (χ4n) is 2.71. The largest absolute Gasteiger partial charge is 0.454 e. The molecule has 0 fully saturated rings. The Morgan fingerprint density at radius 1 is 1.11 bits per heavy atom. The SMILES string of the molecule is CN=C(NCc1ccc(-n2ccnc2)nc1)NCc1ccc2c(c1)OCO2. The van der Waals surface area contributed by atoms with Crippen LogP contribution < -0.4 is 20.1 Å². The summed E-state index contributed by atoms with van der Waals surface area (Å²) in [5, 5.41) is 6.58. The predicted octanol–water partition coefficient (Wildman–Crippen LogP) is 1.86. The predicted molar refractivity (Wildman–Crippen MR) is 101 cm³/mol. The van der Waals surface area contributed by atoms with Crippen LogP contribution in [0.4, 0.5) is 0 Å². The molecule has 3 heterocycles. The van der Waals surface area contributed by atoms with Gasteiger partial charge in [0.25, 0.3) is 0 Å². The van der Waals surface area contributed by atoms with E-state index >= 15 is 0 Å². The number of aromatic nitrogens is 3. The minimum absolute atomic E-state index is 0.281. The Morgan fingerprint density at radius 3 is 2.67 bits per heavy atom. The van der Waals surface area contributed by atoms with Crippen molar-refractivity contribution in [1.29, 1.82) is 0 Å². The topological polar surface area (TPSA) is 85.6 Å². The van der Waals surface area contributed by atoms with E-state index in [1.54, 1.807) is 19.6 Å². The molecule has 2 N–H and O–H groups in total. The van der Waals surface area contributed by atoms with E-state index in [4.69, 9.17) is 9.47 Å². The Hall–Kier alpha value is -3.55. The zero-order valence-electron chi connectivity index (χ0n) is 14.9. The minimum atomic E-state index is 0.281. The molecule has 138 valence electrons. The van der Waals surface area contributed by atoms with Gasteiger partial charge in [0, 0.05) is 38.7 Å². The summed E-state index contributed by atoms with van der Waals surface area (Å²) in [4.78, 5) is 12.7. The number of imidazole rings is 1. The number of benzene rings is 1. The van der Waals surface area contributed by atoms with Gasteiger partial charge in [-0.2, -0.15) is 0 Å². The number of hydrogen-bond acceptors (Lipinski definition) is 5. The highest BCUT2D eigenvalue weighted by Gasteiger charge is 2.13. The van der Waals surface area contributed by atoms with Crippen LogP contribution in [-0.2, 0) is 13.1 Å². The number of nitrogens with one attached hydrogen (secondary N) is 2. The quantitative estimate of drug-likeness (QED) is 0.531. The molecule has 0 saturated carbocycles. The van der Waals surface area contributed by atoms with Crippen LogP contribution in [0.5, 0.6) is 11.5 Å². The van der Waals surface area contributed by atoms with Crippen LogP contribution in [0.3, 0.4) is 0 Å². The molecule has 3 aromatic rings. The summed E-state index contributed by atoms with van der Waals surface area (Å²) in [7, 11) is 1.75. The molecular formula is C19H20N6O2. The lowest BCUT2D eigenvalue weighted by molar-refractivity contribution is 0.174. The molecule has 0 bridgehead atoms. The molecule has 27 heavy (non-hydrogen) atoms. The zero-order chi connectivity index (χ0) is 18.5. The van der Waals surface area contributed by atoms with Crippen molar-refractivity contribution in [2.75, 3.05) is 13.8 Å². The maximum atomic E-state index is 5.41. The summed E-state index contributed by atoms with van der Waals surface area (Å²) in [6, 6.07) is 9.89. The first-order valence-corrected chi connectivity index (χ1v) is 8.58. The van der Waals surface area contributed by atoms with Crippen molar-refractivity contribution >= 4 is 5.96 Å². The molecule has 0 spiro atoms. The molecule has 0 atom stereocenters. The molecular weight excluding hydrogens is 344 g/mol. The third kappa shape index (κ3) is 4.00. The van der Waals surface area contributed by atoms with Gasteiger partial charge in [-0.1, -0.05) is 12.1 Å². The summed E-state index contributed by atoms with van der Waals surface area (Å²) >= 11 is 0. The third-order valence-corrected chi connectivity index (χ3v) is 4.16. The summed E-state index contributed by atoms with van der Waals surface area (Å²) in [5.74, 6) is 3.11. The number of nitrogens with zero attached hydrogens (tertiary/aromatic N) is 4. The third-order valence-electron chi connectivity index (χ3n) is 4.16. The normalized spacial score (nSPS) is 12.9. The highest BCUT2D eigenvalue weighted by Crippen LogP contribution is 2.32. The average Bonchev–Trinajstić information content (AvgIpc) is 3.40. The summed E-state index contributed by atoms with van der Waals surface area (Å²) < 4.78 is 12.6. The number of ether oxygens (including phenoxy) is 2. The first-order valence-electron chi connectivity index (χ1n) is 8.58. The van der Waals surface area contributed by atoms with Crippen molar-refractivity contribution in [3.05, 3.63) is 66.4 Å². The minimum Gasteiger partial charge on any atom is -0.454 e. The van der Waals surface area contributed by atoms with Crippen molar-refractivity contribution in [2.24, 2.45) is 4.99 Å². The van der Waals surface area contributed by atoms with Gasteiger partial charge in [-0.15, -0.1) is 0 Å². The van der Waals surface area contributed by atoms with Crippen LogP contribution in [0.1, 0.15) is 11.1 Å². The van der Waals surface area contributed by atoms with E-state index in [0.717, 1.165) is 28.4 Å². The lowest BCUT2D eigenvalue weighted by Crippen LogP contribution is -2.36. The highest BCUT2D eigenvalue weighted by molar-refractivity contribution is 5.79. The summed E-state index contributed by atoms with van der Waals surface area (Å²) in [6.07, 6.45) is 7.16. The van der Waals surface area contributed by atoms with Crippen LogP contribution in [0, 0.1) is 0 Å². The Labute approximate surface area is 156 Å². The number of aliphatic imine (C=N–C) groups is 1. The molecule has 8 nitrogen and oxygen atoms in total. The van der Waals surface area contributed by atoms with Gasteiger partial charge in [-0.25, -0.2) is 9.97 Å². The van der Waals surface area contributed by atoms with Crippen molar-refractivity contribution < 1.29 is 9.47 Å². The second-order valence-corrected chi connectivity index (χ2v) is 5.96.